The van der Waals surface area contributed by atoms with E-state index in [9.17, 15) is 4.79 Å². The summed E-state index contributed by atoms with van der Waals surface area (Å²) >= 11 is 0. The highest BCUT2D eigenvalue weighted by Crippen LogP contribution is 2.11. The number of hydrogen-bond donors (Lipinski definition) is 1. The van der Waals surface area contributed by atoms with Crippen LogP contribution >= 0.6 is 0 Å². The van der Waals surface area contributed by atoms with Crippen molar-refractivity contribution in [1.29, 1.82) is 0 Å². The summed E-state index contributed by atoms with van der Waals surface area (Å²) < 4.78 is 5.40. The van der Waals surface area contributed by atoms with Crippen molar-refractivity contribution in [3.63, 3.8) is 0 Å². The lowest BCUT2D eigenvalue weighted by Crippen LogP contribution is -2.45. The van der Waals surface area contributed by atoms with Crippen LogP contribution in [0.1, 0.15) is 20.8 Å². The average Bonchev–Trinajstić information content (AvgIpc) is 2.39. The molecule has 1 fully saturated rings. The fraction of sp³-hybridized carbons (Fsp3) is 0.917. The van der Waals surface area contributed by atoms with Crippen molar-refractivity contribution in [2.75, 3.05) is 40.3 Å². The molecular formula is C12H25N3O2. The average molecular weight is 243 g/mol. The summed E-state index contributed by atoms with van der Waals surface area (Å²) in [6.45, 7) is 8.84. The molecule has 1 atom stereocenters. The van der Waals surface area contributed by atoms with Crippen LogP contribution in [0, 0.1) is 0 Å². The molecule has 1 aliphatic rings. The lowest BCUT2D eigenvalue weighted by atomic mass is 10.2. The van der Waals surface area contributed by atoms with Gasteiger partial charge in [0.2, 0.25) is 0 Å². The molecule has 0 bridgehead atoms. The summed E-state index contributed by atoms with van der Waals surface area (Å²) in [5, 5.41) is 3.34. The van der Waals surface area contributed by atoms with Crippen molar-refractivity contribution < 1.29 is 9.53 Å². The van der Waals surface area contributed by atoms with Gasteiger partial charge in [-0.3, -0.25) is 0 Å². The zero-order valence-electron chi connectivity index (χ0n) is 11.6. The molecule has 0 saturated carbocycles. The molecule has 1 saturated heterocycles. The Kier molecular flexibility index (Phi) is 4.77. The first-order chi connectivity index (χ1) is 7.79. The normalized spacial score (nSPS) is 22.5. The van der Waals surface area contributed by atoms with Gasteiger partial charge in [-0.2, -0.15) is 0 Å². The topological polar surface area (TPSA) is 44.8 Å². The standard InChI is InChI=1S/C12H25N3O2/c1-12(2,3)17-11(16)15-7-6-13-8-10(9-15)14(4)5/h10,13H,6-9H2,1-5H3. The third-order valence-corrected chi connectivity index (χ3v) is 2.75. The molecule has 5 heteroatoms. The van der Waals surface area contributed by atoms with E-state index in [0.29, 0.717) is 12.6 Å². The van der Waals surface area contributed by atoms with Gasteiger partial charge in [0.1, 0.15) is 5.60 Å². The van der Waals surface area contributed by atoms with Crippen molar-refractivity contribution in [3.05, 3.63) is 0 Å². The summed E-state index contributed by atoms with van der Waals surface area (Å²) in [7, 11) is 4.07. The molecule has 0 aromatic rings. The molecule has 1 amide bonds. The molecule has 0 aromatic heterocycles. The first-order valence-electron chi connectivity index (χ1n) is 6.14. The number of carbonyl (C=O) groups is 1. The Morgan fingerprint density at radius 2 is 2.06 bits per heavy atom. The molecule has 1 N–H and O–H groups in total. The van der Waals surface area contributed by atoms with Crippen molar-refractivity contribution in [2.45, 2.75) is 32.4 Å². The third-order valence-electron chi connectivity index (χ3n) is 2.75. The quantitative estimate of drug-likeness (QED) is 0.738. The smallest absolute Gasteiger partial charge is 0.410 e. The highest BCUT2D eigenvalue weighted by atomic mass is 16.6. The van der Waals surface area contributed by atoms with E-state index in [4.69, 9.17) is 4.74 Å². The molecule has 0 aliphatic carbocycles. The summed E-state index contributed by atoms with van der Waals surface area (Å²) in [6, 6.07) is 0.338. The summed E-state index contributed by atoms with van der Waals surface area (Å²) in [4.78, 5) is 15.9. The zero-order valence-corrected chi connectivity index (χ0v) is 11.6. The van der Waals surface area contributed by atoms with Gasteiger partial charge in [0, 0.05) is 32.2 Å². The fourth-order valence-electron chi connectivity index (χ4n) is 1.73. The monoisotopic (exact) mass is 243 g/mol. The van der Waals surface area contributed by atoms with Gasteiger partial charge in [-0.25, -0.2) is 4.79 Å². The van der Waals surface area contributed by atoms with Gasteiger partial charge in [-0.1, -0.05) is 0 Å². The number of rotatable bonds is 1. The van der Waals surface area contributed by atoms with Gasteiger partial charge in [0.05, 0.1) is 0 Å². The van der Waals surface area contributed by atoms with Crippen molar-refractivity contribution in [1.82, 2.24) is 15.1 Å². The van der Waals surface area contributed by atoms with E-state index in [-0.39, 0.29) is 6.09 Å². The molecular weight excluding hydrogens is 218 g/mol. The minimum atomic E-state index is -0.426. The van der Waals surface area contributed by atoms with Crippen LogP contribution in [-0.2, 0) is 4.74 Å². The van der Waals surface area contributed by atoms with Gasteiger partial charge < -0.3 is 19.9 Å². The van der Waals surface area contributed by atoms with E-state index in [1.54, 1.807) is 4.90 Å². The maximum atomic E-state index is 12.0. The minimum absolute atomic E-state index is 0.215. The van der Waals surface area contributed by atoms with E-state index >= 15 is 0 Å². The largest absolute Gasteiger partial charge is 0.444 e. The van der Waals surface area contributed by atoms with Crippen LogP contribution in [0.3, 0.4) is 0 Å². The molecule has 1 unspecified atom stereocenters. The maximum Gasteiger partial charge on any atom is 0.410 e. The summed E-state index contributed by atoms with van der Waals surface area (Å²) in [5.74, 6) is 0. The van der Waals surface area contributed by atoms with Crippen molar-refractivity contribution >= 4 is 6.09 Å². The van der Waals surface area contributed by atoms with Crippen LogP contribution in [0.25, 0.3) is 0 Å². The molecule has 0 spiro atoms. The van der Waals surface area contributed by atoms with Gasteiger partial charge in [-0.05, 0) is 34.9 Å². The van der Waals surface area contributed by atoms with Crippen LogP contribution < -0.4 is 5.32 Å². The number of hydrogen-bond acceptors (Lipinski definition) is 4. The lowest BCUT2D eigenvalue weighted by Gasteiger charge is -2.30. The van der Waals surface area contributed by atoms with Gasteiger partial charge in [-0.15, -0.1) is 0 Å². The van der Waals surface area contributed by atoms with Gasteiger partial charge in [0.25, 0.3) is 0 Å². The number of ether oxygens (including phenoxy) is 1. The Hall–Kier alpha value is -0.810. The number of likely N-dealkylation sites (N-methyl/N-ethyl adjacent to an activating group) is 1. The van der Waals surface area contributed by atoms with Crippen LogP contribution in [0.4, 0.5) is 4.79 Å². The van der Waals surface area contributed by atoms with Crippen molar-refractivity contribution in [2.24, 2.45) is 0 Å². The van der Waals surface area contributed by atoms with Crippen LogP contribution in [0.15, 0.2) is 0 Å². The van der Waals surface area contributed by atoms with Gasteiger partial charge in [0.15, 0.2) is 0 Å². The maximum absolute atomic E-state index is 12.0. The SMILES string of the molecule is CN(C)C1CNCCN(C(=O)OC(C)(C)C)C1. The Balaban J connectivity index is 2.59. The first kappa shape index (κ1) is 14.3. The zero-order chi connectivity index (χ0) is 13.1. The van der Waals surface area contributed by atoms with E-state index in [0.717, 1.165) is 19.6 Å². The second-order valence-corrected chi connectivity index (χ2v) is 5.75. The first-order valence-corrected chi connectivity index (χ1v) is 6.14. The molecule has 100 valence electrons. The van der Waals surface area contributed by atoms with Gasteiger partial charge >= 0.3 is 6.09 Å². The third kappa shape index (κ3) is 4.91. The van der Waals surface area contributed by atoms with E-state index in [1.165, 1.54) is 0 Å². The summed E-state index contributed by atoms with van der Waals surface area (Å²) in [6.07, 6.45) is -0.215. The minimum Gasteiger partial charge on any atom is -0.444 e. The van der Waals surface area contributed by atoms with Crippen LogP contribution in [-0.4, -0.2) is 67.8 Å². The molecule has 1 heterocycles. The predicted octanol–water partition coefficient (Wildman–Crippen LogP) is 0.757. The highest BCUT2D eigenvalue weighted by Gasteiger charge is 2.26. The molecule has 1 aliphatic heterocycles. The highest BCUT2D eigenvalue weighted by molar-refractivity contribution is 5.68. The Labute approximate surface area is 104 Å². The van der Waals surface area contributed by atoms with Crippen LogP contribution in [0.2, 0.25) is 0 Å². The molecule has 0 radical (unpaired) electrons. The number of nitrogens with zero attached hydrogens (tertiary/aromatic N) is 2. The second-order valence-electron chi connectivity index (χ2n) is 5.75. The Morgan fingerprint density at radius 3 is 2.59 bits per heavy atom. The summed E-state index contributed by atoms with van der Waals surface area (Å²) in [5.41, 5.74) is -0.426. The van der Waals surface area contributed by atoms with E-state index in [1.807, 2.05) is 34.9 Å². The van der Waals surface area contributed by atoms with Crippen molar-refractivity contribution in [3.8, 4) is 0 Å². The second kappa shape index (κ2) is 5.69. The van der Waals surface area contributed by atoms with E-state index < -0.39 is 5.60 Å². The van der Waals surface area contributed by atoms with E-state index in [2.05, 4.69) is 10.2 Å². The predicted molar refractivity (Wildman–Crippen MR) is 68.2 cm³/mol. The Bertz CT molecular complexity index is 261. The number of carbonyl (C=O) groups excluding carboxylic acids is 1. The Morgan fingerprint density at radius 1 is 1.41 bits per heavy atom. The molecule has 17 heavy (non-hydrogen) atoms. The number of amides is 1. The fourth-order valence-corrected chi connectivity index (χ4v) is 1.73. The molecule has 5 nitrogen and oxygen atoms in total. The lowest BCUT2D eigenvalue weighted by molar-refractivity contribution is 0.0230. The molecule has 0 aromatic carbocycles. The van der Waals surface area contributed by atoms with Crippen LogP contribution in [0.5, 0.6) is 0 Å². The number of nitrogens with one attached hydrogen (secondary N) is 1. The molecule has 1 rings (SSSR count).